The molecule has 0 atom stereocenters. The molecule has 0 heterocycles. The summed E-state index contributed by atoms with van der Waals surface area (Å²) in [6, 6.07) is 2.21. The summed E-state index contributed by atoms with van der Waals surface area (Å²) in [6.45, 7) is 0. The van der Waals surface area contributed by atoms with E-state index in [0.29, 0.717) is 6.07 Å². The van der Waals surface area contributed by atoms with E-state index in [1.165, 1.54) is 6.07 Å². The molecule has 6 nitrogen and oxygen atoms in total. The minimum atomic E-state index is -4.84. The number of nitro benzene ring substituents is 1. The molecular weight excluding hydrogens is 303 g/mol. The van der Waals surface area contributed by atoms with Crippen LogP contribution in [0.2, 0.25) is 5.02 Å². The van der Waals surface area contributed by atoms with E-state index in [1.54, 1.807) is 0 Å². The van der Waals surface area contributed by atoms with Gasteiger partial charge < -0.3 is 5.32 Å². The molecule has 0 spiro atoms. The Balaban J connectivity index is 3.36. The monoisotopic (exact) mass is 307 g/mol. The highest BCUT2D eigenvalue weighted by Gasteiger charge is 2.34. The van der Waals surface area contributed by atoms with Gasteiger partial charge in [0.15, 0.2) is 0 Å². The second-order valence-electron chi connectivity index (χ2n) is 3.49. The number of halogens is 4. The van der Waals surface area contributed by atoms with Gasteiger partial charge in [-0.2, -0.15) is 18.4 Å². The van der Waals surface area contributed by atoms with Crippen LogP contribution in [0, 0.1) is 21.4 Å². The summed E-state index contributed by atoms with van der Waals surface area (Å²) < 4.78 is 37.8. The van der Waals surface area contributed by atoms with Gasteiger partial charge in [0, 0.05) is 6.07 Å². The van der Waals surface area contributed by atoms with Gasteiger partial charge in [0.1, 0.15) is 11.4 Å². The van der Waals surface area contributed by atoms with Gasteiger partial charge in [-0.05, 0) is 6.07 Å². The number of nitrogens with one attached hydrogen (secondary N) is 1. The first-order valence-electron chi connectivity index (χ1n) is 4.88. The Morgan fingerprint density at radius 2 is 2.10 bits per heavy atom. The first kappa shape index (κ1) is 15.7. The van der Waals surface area contributed by atoms with Crippen LogP contribution in [0.3, 0.4) is 0 Å². The number of amides is 1. The predicted molar refractivity (Wildman–Crippen MR) is 62.0 cm³/mol. The zero-order valence-corrected chi connectivity index (χ0v) is 10.2. The van der Waals surface area contributed by atoms with Crippen molar-refractivity contribution in [3.05, 3.63) is 32.8 Å². The Bertz CT molecular complexity index is 610. The standard InChI is InChI=1S/C10H5ClF3N3O3/c11-9-6(16-8(18)1-2-15)3-5(10(12,13)14)4-7(9)17(19)20/h3-4H,1H2,(H,16,18). The molecule has 0 saturated heterocycles. The summed E-state index contributed by atoms with van der Waals surface area (Å²) in [7, 11) is 0. The molecule has 0 fully saturated rings. The van der Waals surface area contributed by atoms with E-state index < -0.39 is 45.4 Å². The maximum atomic E-state index is 12.6. The van der Waals surface area contributed by atoms with Crippen LogP contribution in [0.4, 0.5) is 24.5 Å². The quantitative estimate of drug-likeness (QED) is 0.685. The summed E-state index contributed by atoms with van der Waals surface area (Å²) in [5.41, 5.74) is -2.90. The lowest BCUT2D eigenvalue weighted by molar-refractivity contribution is -0.384. The molecule has 0 aromatic heterocycles. The molecule has 0 aliphatic carbocycles. The molecule has 1 rings (SSSR count). The fourth-order valence-electron chi connectivity index (χ4n) is 1.26. The van der Waals surface area contributed by atoms with E-state index in [9.17, 15) is 28.1 Å². The van der Waals surface area contributed by atoms with Crippen molar-refractivity contribution in [1.29, 1.82) is 5.26 Å². The van der Waals surface area contributed by atoms with Crippen molar-refractivity contribution >= 4 is 28.9 Å². The number of alkyl halides is 3. The van der Waals surface area contributed by atoms with Gasteiger partial charge >= 0.3 is 6.18 Å². The normalized spacial score (nSPS) is 10.8. The van der Waals surface area contributed by atoms with Gasteiger partial charge in [0.2, 0.25) is 5.91 Å². The van der Waals surface area contributed by atoms with E-state index >= 15 is 0 Å². The van der Waals surface area contributed by atoms with Crippen LogP contribution in [-0.4, -0.2) is 10.8 Å². The summed E-state index contributed by atoms with van der Waals surface area (Å²) >= 11 is 5.56. The van der Waals surface area contributed by atoms with Crippen LogP contribution < -0.4 is 5.32 Å². The molecule has 0 unspecified atom stereocenters. The molecule has 1 amide bonds. The predicted octanol–water partition coefficient (Wildman–Crippen LogP) is 3.12. The SMILES string of the molecule is N#CCC(=O)Nc1cc(C(F)(F)F)cc([N+](=O)[O-])c1Cl. The van der Waals surface area contributed by atoms with E-state index in [2.05, 4.69) is 0 Å². The van der Waals surface area contributed by atoms with Crippen LogP contribution in [-0.2, 0) is 11.0 Å². The van der Waals surface area contributed by atoms with Crippen molar-refractivity contribution in [2.45, 2.75) is 12.6 Å². The molecule has 0 bridgehead atoms. The molecule has 106 valence electrons. The number of carbonyl (C=O) groups excluding carboxylic acids is 1. The van der Waals surface area contributed by atoms with Gasteiger partial charge in [0.25, 0.3) is 5.69 Å². The maximum absolute atomic E-state index is 12.6. The van der Waals surface area contributed by atoms with Gasteiger partial charge in [-0.15, -0.1) is 0 Å². The third-order valence-electron chi connectivity index (χ3n) is 2.09. The molecule has 0 aliphatic heterocycles. The Morgan fingerprint density at radius 1 is 1.50 bits per heavy atom. The number of hydrogen-bond donors (Lipinski definition) is 1. The maximum Gasteiger partial charge on any atom is 0.416 e. The Labute approximate surface area is 114 Å². The lowest BCUT2D eigenvalue weighted by Crippen LogP contribution is -2.13. The van der Waals surface area contributed by atoms with E-state index in [4.69, 9.17) is 16.9 Å². The Morgan fingerprint density at radius 3 is 2.55 bits per heavy atom. The second kappa shape index (κ2) is 5.75. The second-order valence-corrected chi connectivity index (χ2v) is 3.87. The zero-order valence-electron chi connectivity index (χ0n) is 9.49. The number of benzene rings is 1. The smallest absolute Gasteiger partial charge is 0.324 e. The van der Waals surface area contributed by atoms with Crippen molar-refractivity contribution in [2.75, 3.05) is 5.32 Å². The summed E-state index contributed by atoms with van der Waals surface area (Å²) in [4.78, 5) is 20.7. The minimum absolute atomic E-state index is 0.266. The van der Waals surface area contributed by atoms with Crippen LogP contribution in [0.25, 0.3) is 0 Å². The number of nitrogens with zero attached hydrogens (tertiary/aromatic N) is 2. The van der Waals surface area contributed by atoms with Crippen LogP contribution >= 0.6 is 11.6 Å². The number of hydrogen-bond acceptors (Lipinski definition) is 4. The first-order valence-corrected chi connectivity index (χ1v) is 5.26. The highest BCUT2D eigenvalue weighted by molar-refractivity contribution is 6.35. The third-order valence-corrected chi connectivity index (χ3v) is 2.49. The van der Waals surface area contributed by atoms with Crippen molar-refractivity contribution < 1.29 is 22.9 Å². The lowest BCUT2D eigenvalue weighted by Gasteiger charge is -2.11. The largest absolute Gasteiger partial charge is 0.416 e. The third kappa shape index (κ3) is 3.58. The van der Waals surface area contributed by atoms with Crippen molar-refractivity contribution in [1.82, 2.24) is 0 Å². The van der Waals surface area contributed by atoms with Gasteiger partial charge in [-0.3, -0.25) is 14.9 Å². The highest BCUT2D eigenvalue weighted by Crippen LogP contribution is 2.39. The van der Waals surface area contributed by atoms with Gasteiger partial charge in [-0.25, -0.2) is 0 Å². The van der Waals surface area contributed by atoms with Gasteiger partial charge in [0.05, 0.1) is 22.2 Å². The van der Waals surface area contributed by atoms with E-state index in [1.807, 2.05) is 5.32 Å². The molecule has 20 heavy (non-hydrogen) atoms. The number of carbonyl (C=O) groups is 1. The van der Waals surface area contributed by atoms with Gasteiger partial charge in [-0.1, -0.05) is 11.6 Å². The molecule has 0 aliphatic rings. The summed E-state index contributed by atoms with van der Waals surface area (Å²) in [5.74, 6) is -0.928. The Kier molecular flexibility index (Phi) is 4.52. The molecule has 1 aromatic carbocycles. The van der Waals surface area contributed by atoms with E-state index in [-0.39, 0.29) is 6.07 Å². The zero-order chi connectivity index (χ0) is 15.5. The average Bonchev–Trinajstić information content (AvgIpc) is 2.30. The highest BCUT2D eigenvalue weighted by atomic mass is 35.5. The summed E-state index contributed by atoms with van der Waals surface area (Å²) in [5, 5.41) is 20.2. The minimum Gasteiger partial charge on any atom is -0.324 e. The van der Waals surface area contributed by atoms with E-state index in [0.717, 1.165) is 0 Å². The molecule has 0 saturated carbocycles. The average molecular weight is 308 g/mol. The fraction of sp³-hybridized carbons (Fsp3) is 0.200. The van der Waals surface area contributed by atoms with Crippen molar-refractivity contribution in [3.8, 4) is 6.07 Å². The summed E-state index contributed by atoms with van der Waals surface area (Å²) in [6.07, 6.45) is -5.47. The molecule has 1 N–H and O–H groups in total. The molecule has 10 heteroatoms. The number of nitriles is 1. The number of rotatable bonds is 3. The van der Waals surface area contributed by atoms with Crippen molar-refractivity contribution in [3.63, 3.8) is 0 Å². The number of anilines is 1. The molecule has 1 aromatic rings. The van der Waals surface area contributed by atoms with Crippen LogP contribution in [0.15, 0.2) is 12.1 Å². The number of nitro groups is 1. The first-order chi connectivity index (χ1) is 9.16. The Hall–Kier alpha value is -2.34. The van der Waals surface area contributed by atoms with Crippen molar-refractivity contribution in [2.24, 2.45) is 0 Å². The molecule has 0 radical (unpaired) electrons. The lowest BCUT2D eigenvalue weighted by atomic mass is 10.1. The fourth-order valence-corrected chi connectivity index (χ4v) is 1.49. The molecular formula is C10H5ClF3N3O3. The topological polar surface area (TPSA) is 96.0 Å². The van der Waals surface area contributed by atoms with Crippen LogP contribution in [0.1, 0.15) is 12.0 Å². The van der Waals surface area contributed by atoms with Crippen LogP contribution in [0.5, 0.6) is 0 Å².